The Balaban J connectivity index is 1.59. The monoisotopic (exact) mass is 471 g/mol. The molecular weight excluding hydrogens is 442 g/mol. The number of rotatable bonds is 8. The molecule has 35 heavy (non-hydrogen) atoms. The lowest BCUT2D eigenvalue weighted by Crippen LogP contribution is -2.44. The van der Waals surface area contributed by atoms with Crippen molar-refractivity contribution >= 4 is 16.9 Å². The zero-order valence-electron chi connectivity index (χ0n) is 20.1. The second kappa shape index (κ2) is 10.6. The standard InChI is InChI=1S/C29H29NO5/c1-29(2,3)30-18-22(34-28(32)21-13-8-5-9-14-21)19-33-25-16-10-15-23-24(31)17-26(35-27(23)25)20-11-6-4-7-12-20/h4-17,22,30H,18-19H2,1-3H3. The molecule has 4 rings (SSSR count). The minimum absolute atomic E-state index is 0.0834. The average molecular weight is 472 g/mol. The topological polar surface area (TPSA) is 77.8 Å². The zero-order chi connectivity index (χ0) is 24.8. The first-order valence-electron chi connectivity index (χ1n) is 11.6. The van der Waals surface area contributed by atoms with Crippen LogP contribution in [-0.2, 0) is 4.74 Å². The fourth-order valence-corrected chi connectivity index (χ4v) is 3.54. The van der Waals surface area contributed by atoms with Gasteiger partial charge in [-0.3, -0.25) is 4.79 Å². The Morgan fingerprint density at radius 2 is 1.63 bits per heavy atom. The predicted molar refractivity (Wildman–Crippen MR) is 137 cm³/mol. The third-order valence-corrected chi connectivity index (χ3v) is 5.34. The molecule has 0 spiro atoms. The van der Waals surface area contributed by atoms with Gasteiger partial charge in [-0.15, -0.1) is 0 Å². The van der Waals surface area contributed by atoms with Crippen molar-refractivity contribution in [3.63, 3.8) is 0 Å². The van der Waals surface area contributed by atoms with E-state index in [9.17, 15) is 9.59 Å². The first kappa shape index (κ1) is 24.2. The number of ether oxygens (including phenoxy) is 2. The van der Waals surface area contributed by atoms with E-state index in [2.05, 4.69) is 5.32 Å². The number of esters is 1. The highest BCUT2D eigenvalue weighted by atomic mass is 16.6. The molecule has 1 N–H and O–H groups in total. The molecule has 0 aliphatic heterocycles. The van der Waals surface area contributed by atoms with Crippen molar-refractivity contribution in [3.05, 3.63) is 101 Å². The SMILES string of the molecule is CC(C)(C)NCC(COc1cccc2c(=O)cc(-c3ccccc3)oc12)OC(=O)c1ccccc1. The van der Waals surface area contributed by atoms with Gasteiger partial charge >= 0.3 is 5.97 Å². The van der Waals surface area contributed by atoms with Crippen molar-refractivity contribution in [1.82, 2.24) is 5.32 Å². The molecule has 0 saturated heterocycles. The maximum absolute atomic E-state index is 12.8. The van der Waals surface area contributed by atoms with Gasteiger partial charge in [0, 0.05) is 23.7 Å². The van der Waals surface area contributed by atoms with Crippen molar-refractivity contribution in [3.8, 4) is 17.1 Å². The van der Waals surface area contributed by atoms with Crippen molar-refractivity contribution in [2.45, 2.75) is 32.4 Å². The third kappa shape index (κ3) is 6.37. The second-order valence-electron chi connectivity index (χ2n) is 9.31. The number of hydrogen-bond acceptors (Lipinski definition) is 6. The van der Waals surface area contributed by atoms with Crippen LogP contribution in [0.25, 0.3) is 22.3 Å². The van der Waals surface area contributed by atoms with Crippen LogP contribution in [0.15, 0.2) is 94.1 Å². The van der Waals surface area contributed by atoms with Crippen LogP contribution in [0, 0.1) is 0 Å². The van der Waals surface area contributed by atoms with Crippen LogP contribution in [0.3, 0.4) is 0 Å². The summed E-state index contributed by atoms with van der Waals surface area (Å²) in [5, 5.41) is 3.79. The molecule has 3 aromatic carbocycles. The first-order chi connectivity index (χ1) is 16.8. The van der Waals surface area contributed by atoms with Gasteiger partial charge in [-0.1, -0.05) is 54.6 Å². The van der Waals surface area contributed by atoms with E-state index in [-0.39, 0.29) is 17.6 Å². The van der Waals surface area contributed by atoms with Crippen LogP contribution in [0.2, 0.25) is 0 Å². The van der Waals surface area contributed by atoms with Crippen LogP contribution in [0.1, 0.15) is 31.1 Å². The fraction of sp³-hybridized carbons (Fsp3) is 0.241. The van der Waals surface area contributed by atoms with Crippen molar-refractivity contribution in [1.29, 1.82) is 0 Å². The molecule has 1 heterocycles. The van der Waals surface area contributed by atoms with Gasteiger partial charge < -0.3 is 19.2 Å². The molecule has 180 valence electrons. The van der Waals surface area contributed by atoms with Gasteiger partial charge in [0.15, 0.2) is 16.8 Å². The molecule has 0 amide bonds. The number of fused-ring (bicyclic) bond motifs is 1. The normalized spacial score (nSPS) is 12.3. The van der Waals surface area contributed by atoms with E-state index in [1.807, 2.05) is 57.2 Å². The Bertz CT molecular complexity index is 1340. The number of nitrogens with one attached hydrogen (secondary N) is 1. The number of hydrogen-bond donors (Lipinski definition) is 1. The molecule has 0 saturated carbocycles. The molecular formula is C29H29NO5. The summed E-state index contributed by atoms with van der Waals surface area (Å²) < 4.78 is 18.0. The first-order valence-corrected chi connectivity index (χ1v) is 11.6. The molecule has 0 aliphatic carbocycles. The van der Waals surface area contributed by atoms with E-state index in [0.29, 0.717) is 34.6 Å². The molecule has 1 unspecified atom stereocenters. The Hall–Kier alpha value is -3.90. The van der Waals surface area contributed by atoms with Crippen molar-refractivity contribution < 1.29 is 18.7 Å². The minimum Gasteiger partial charge on any atom is -0.486 e. The molecule has 1 atom stereocenters. The van der Waals surface area contributed by atoms with Crippen molar-refractivity contribution in [2.75, 3.05) is 13.2 Å². The van der Waals surface area contributed by atoms with Crippen LogP contribution < -0.4 is 15.5 Å². The summed E-state index contributed by atoms with van der Waals surface area (Å²) in [6.07, 6.45) is -0.568. The Labute approximate surface area is 204 Å². The summed E-state index contributed by atoms with van der Waals surface area (Å²) in [7, 11) is 0. The van der Waals surface area contributed by atoms with Crippen LogP contribution in [-0.4, -0.2) is 30.8 Å². The smallest absolute Gasteiger partial charge is 0.338 e. The highest BCUT2D eigenvalue weighted by Crippen LogP contribution is 2.28. The molecule has 0 aliphatic rings. The van der Waals surface area contributed by atoms with Gasteiger partial charge in [0.25, 0.3) is 0 Å². The maximum Gasteiger partial charge on any atom is 0.338 e. The molecule has 0 fully saturated rings. The summed E-state index contributed by atoms with van der Waals surface area (Å²) in [6, 6.07) is 25.0. The van der Waals surface area contributed by atoms with E-state index in [4.69, 9.17) is 13.9 Å². The molecule has 6 nitrogen and oxygen atoms in total. The third-order valence-electron chi connectivity index (χ3n) is 5.34. The lowest BCUT2D eigenvalue weighted by molar-refractivity contribution is 0.0162. The maximum atomic E-state index is 12.8. The highest BCUT2D eigenvalue weighted by molar-refractivity contribution is 5.89. The van der Waals surface area contributed by atoms with Gasteiger partial charge in [-0.05, 0) is 45.0 Å². The minimum atomic E-state index is -0.568. The average Bonchev–Trinajstić information content (AvgIpc) is 2.86. The van der Waals surface area contributed by atoms with Crippen LogP contribution in [0.4, 0.5) is 0 Å². The summed E-state index contributed by atoms with van der Waals surface area (Å²) in [5.74, 6) is 0.445. The number of benzene rings is 3. The molecule has 0 bridgehead atoms. The Morgan fingerprint density at radius 1 is 0.943 bits per heavy atom. The summed E-state index contributed by atoms with van der Waals surface area (Å²) >= 11 is 0. The molecule has 6 heteroatoms. The summed E-state index contributed by atoms with van der Waals surface area (Å²) in [5.41, 5.74) is 1.30. The van der Waals surface area contributed by atoms with Gasteiger partial charge in [0.1, 0.15) is 18.5 Å². The van der Waals surface area contributed by atoms with Crippen LogP contribution in [0.5, 0.6) is 5.75 Å². The number of carbonyl (C=O) groups excluding carboxylic acids is 1. The Kier molecular flexibility index (Phi) is 7.32. The quantitative estimate of drug-likeness (QED) is 0.344. The number of carbonyl (C=O) groups is 1. The van der Waals surface area contributed by atoms with Gasteiger partial charge in [0.2, 0.25) is 0 Å². The van der Waals surface area contributed by atoms with Crippen LogP contribution >= 0.6 is 0 Å². The van der Waals surface area contributed by atoms with Gasteiger partial charge in [0.05, 0.1) is 10.9 Å². The van der Waals surface area contributed by atoms with E-state index in [0.717, 1.165) is 5.56 Å². The predicted octanol–water partition coefficient (Wildman–Crippen LogP) is 5.45. The van der Waals surface area contributed by atoms with Gasteiger partial charge in [-0.25, -0.2) is 4.79 Å². The zero-order valence-corrected chi connectivity index (χ0v) is 20.1. The lowest BCUT2D eigenvalue weighted by atomic mass is 10.1. The number of para-hydroxylation sites is 1. The fourth-order valence-electron chi connectivity index (χ4n) is 3.54. The van der Waals surface area contributed by atoms with E-state index < -0.39 is 12.1 Å². The van der Waals surface area contributed by atoms with E-state index in [1.54, 1.807) is 42.5 Å². The summed E-state index contributed by atoms with van der Waals surface area (Å²) in [4.78, 5) is 25.5. The second-order valence-corrected chi connectivity index (χ2v) is 9.31. The Morgan fingerprint density at radius 3 is 2.31 bits per heavy atom. The van der Waals surface area contributed by atoms with E-state index in [1.165, 1.54) is 6.07 Å². The van der Waals surface area contributed by atoms with E-state index >= 15 is 0 Å². The van der Waals surface area contributed by atoms with Crippen molar-refractivity contribution in [2.24, 2.45) is 0 Å². The molecule has 4 aromatic rings. The largest absolute Gasteiger partial charge is 0.486 e. The molecule has 1 aromatic heterocycles. The highest BCUT2D eigenvalue weighted by Gasteiger charge is 2.21. The molecule has 0 radical (unpaired) electrons. The van der Waals surface area contributed by atoms with Gasteiger partial charge in [-0.2, -0.15) is 0 Å². The summed E-state index contributed by atoms with van der Waals surface area (Å²) in [6.45, 7) is 6.59. The lowest BCUT2D eigenvalue weighted by Gasteiger charge is -2.25.